The Morgan fingerprint density at radius 2 is 1.92 bits per heavy atom. The smallest absolute Gasteiger partial charge is 0.312 e. The predicted octanol–water partition coefficient (Wildman–Crippen LogP) is 3.28. The van der Waals surface area contributed by atoms with Crippen molar-refractivity contribution >= 4 is 21.4 Å². The van der Waals surface area contributed by atoms with Gasteiger partial charge in [-0.3, -0.25) is 14.8 Å². The molecule has 0 unspecified atom stereocenters. The zero-order valence-electron chi connectivity index (χ0n) is 13.7. The molecular weight excluding hydrogens is 344 g/mol. The average Bonchev–Trinajstić information content (AvgIpc) is 2.61. The molecule has 2 aromatic carbocycles. The highest BCUT2D eigenvalue weighted by Gasteiger charge is 2.23. The molecule has 0 saturated heterocycles. The predicted molar refractivity (Wildman–Crippen MR) is 93.5 cm³/mol. The number of benzene rings is 2. The summed E-state index contributed by atoms with van der Waals surface area (Å²) in [6.07, 6.45) is 3.85. The lowest BCUT2D eigenvalue weighted by Gasteiger charge is -2.20. The topological polar surface area (TPSA) is 98.5 Å². The minimum atomic E-state index is -3.94. The fourth-order valence-corrected chi connectivity index (χ4v) is 4.17. The van der Waals surface area contributed by atoms with Crippen molar-refractivity contribution in [2.24, 2.45) is 0 Å². The van der Waals surface area contributed by atoms with E-state index in [9.17, 15) is 18.5 Å². The number of rotatable bonds is 5. The molecule has 0 saturated carbocycles. The van der Waals surface area contributed by atoms with Crippen molar-refractivity contribution in [3.63, 3.8) is 0 Å². The van der Waals surface area contributed by atoms with Crippen LogP contribution in [0.15, 0.2) is 41.3 Å². The number of sulfonamides is 1. The second kappa shape index (κ2) is 6.72. The molecule has 7 nitrogen and oxygen atoms in total. The third-order valence-electron chi connectivity index (χ3n) is 4.30. The van der Waals surface area contributed by atoms with Gasteiger partial charge in [-0.2, -0.15) is 0 Å². The molecule has 0 atom stereocenters. The van der Waals surface area contributed by atoms with Crippen molar-refractivity contribution in [2.75, 3.05) is 11.8 Å². The SMILES string of the molecule is COc1ccc(S(=O)(=O)Nc2cccc3c2CCCC3)cc1[N+](=O)[O-]. The van der Waals surface area contributed by atoms with Gasteiger partial charge >= 0.3 is 5.69 Å². The van der Waals surface area contributed by atoms with Crippen LogP contribution in [0.2, 0.25) is 0 Å². The Balaban J connectivity index is 1.98. The summed E-state index contributed by atoms with van der Waals surface area (Å²) in [4.78, 5) is 10.3. The van der Waals surface area contributed by atoms with Gasteiger partial charge in [0.15, 0.2) is 5.75 Å². The van der Waals surface area contributed by atoms with Crippen molar-refractivity contribution in [2.45, 2.75) is 30.6 Å². The molecule has 0 spiro atoms. The standard InChI is InChI=1S/C17H18N2O5S/c1-24-17-10-9-13(11-16(17)19(20)21)25(22,23)18-15-8-4-6-12-5-2-3-7-14(12)15/h4,6,8-11,18H,2-3,5,7H2,1H3. The van der Waals surface area contributed by atoms with Crippen LogP contribution < -0.4 is 9.46 Å². The maximum atomic E-state index is 12.7. The second-order valence-corrected chi connectivity index (χ2v) is 7.53. The summed E-state index contributed by atoms with van der Waals surface area (Å²) in [7, 11) is -2.64. The molecule has 0 amide bonds. The summed E-state index contributed by atoms with van der Waals surface area (Å²) in [5.41, 5.74) is 2.30. The van der Waals surface area contributed by atoms with Gasteiger partial charge in [0, 0.05) is 6.07 Å². The number of nitro benzene ring substituents is 1. The Morgan fingerprint density at radius 1 is 1.16 bits per heavy atom. The number of ether oxygens (including phenoxy) is 1. The van der Waals surface area contributed by atoms with E-state index >= 15 is 0 Å². The zero-order chi connectivity index (χ0) is 18.0. The molecule has 8 heteroatoms. The molecule has 1 aliphatic rings. The van der Waals surface area contributed by atoms with E-state index in [2.05, 4.69) is 4.72 Å². The fourth-order valence-electron chi connectivity index (χ4n) is 3.06. The van der Waals surface area contributed by atoms with Crippen LogP contribution in [0.4, 0.5) is 11.4 Å². The van der Waals surface area contributed by atoms with Gasteiger partial charge < -0.3 is 4.74 Å². The van der Waals surface area contributed by atoms with Gasteiger partial charge in [0.2, 0.25) is 0 Å². The van der Waals surface area contributed by atoms with E-state index in [-0.39, 0.29) is 16.3 Å². The summed E-state index contributed by atoms with van der Waals surface area (Å²) < 4.78 is 32.9. The van der Waals surface area contributed by atoms with E-state index in [0.29, 0.717) is 5.69 Å². The number of hydrogen-bond acceptors (Lipinski definition) is 5. The molecule has 1 N–H and O–H groups in total. The first kappa shape index (κ1) is 17.2. The van der Waals surface area contributed by atoms with Crippen LogP contribution in [0, 0.1) is 10.1 Å². The Hall–Kier alpha value is -2.61. The van der Waals surface area contributed by atoms with E-state index in [4.69, 9.17) is 4.74 Å². The second-order valence-electron chi connectivity index (χ2n) is 5.85. The normalized spacial score (nSPS) is 13.8. The van der Waals surface area contributed by atoms with Crippen molar-refractivity contribution in [1.82, 2.24) is 0 Å². The van der Waals surface area contributed by atoms with Crippen LogP contribution in [0.3, 0.4) is 0 Å². The molecule has 2 aromatic rings. The highest BCUT2D eigenvalue weighted by atomic mass is 32.2. The van der Waals surface area contributed by atoms with Gasteiger partial charge in [-0.05, 0) is 55.0 Å². The molecule has 1 aliphatic carbocycles. The van der Waals surface area contributed by atoms with Crippen LogP contribution >= 0.6 is 0 Å². The fraction of sp³-hybridized carbons (Fsp3) is 0.294. The highest BCUT2D eigenvalue weighted by Crippen LogP contribution is 2.32. The minimum absolute atomic E-state index is 0.0149. The number of hydrogen-bond donors (Lipinski definition) is 1. The van der Waals surface area contributed by atoms with E-state index in [0.717, 1.165) is 42.9 Å². The quantitative estimate of drug-likeness (QED) is 0.650. The Morgan fingerprint density at radius 3 is 2.64 bits per heavy atom. The van der Waals surface area contributed by atoms with Gasteiger partial charge in [-0.25, -0.2) is 8.42 Å². The van der Waals surface area contributed by atoms with Crippen molar-refractivity contribution < 1.29 is 18.1 Å². The summed E-state index contributed by atoms with van der Waals surface area (Å²) in [5.74, 6) is 0.0149. The van der Waals surface area contributed by atoms with E-state index in [1.54, 1.807) is 6.07 Å². The largest absolute Gasteiger partial charge is 0.490 e. The summed E-state index contributed by atoms with van der Waals surface area (Å²) >= 11 is 0. The summed E-state index contributed by atoms with van der Waals surface area (Å²) in [6, 6.07) is 9.13. The van der Waals surface area contributed by atoms with Gasteiger partial charge in [-0.1, -0.05) is 12.1 Å². The lowest BCUT2D eigenvalue weighted by molar-refractivity contribution is -0.386. The van der Waals surface area contributed by atoms with Crippen LogP contribution in [0.25, 0.3) is 0 Å². The first-order chi connectivity index (χ1) is 11.9. The lowest BCUT2D eigenvalue weighted by atomic mass is 9.91. The highest BCUT2D eigenvalue weighted by molar-refractivity contribution is 7.92. The molecule has 25 heavy (non-hydrogen) atoms. The molecule has 3 rings (SSSR count). The molecule has 0 aromatic heterocycles. The molecule has 0 heterocycles. The van der Waals surface area contributed by atoms with Gasteiger partial charge in [0.05, 0.1) is 22.6 Å². The van der Waals surface area contributed by atoms with Crippen LogP contribution in [-0.2, 0) is 22.9 Å². The number of methoxy groups -OCH3 is 1. The number of nitro groups is 1. The van der Waals surface area contributed by atoms with Crippen molar-refractivity contribution in [1.29, 1.82) is 0 Å². The molecular formula is C17H18N2O5S. The monoisotopic (exact) mass is 362 g/mol. The number of nitrogens with zero attached hydrogens (tertiary/aromatic N) is 1. The Kier molecular flexibility index (Phi) is 4.63. The molecule has 0 fully saturated rings. The Bertz CT molecular complexity index is 925. The van der Waals surface area contributed by atoms with Crippen LogP contribution in [0.1, 0.15) is 24.0 Å². The first-order valence-electron chi connectivity index (χ1n) is 7.88. The van der Waals surface area contributed by atoms with Crippen molar-refractivity contribution in [3.05, 3.63) is 57.6 Å². The maximum Gasteiger partial charge on any atom is 0.312 e. The van der Waals surface area contributed by atoms with Crippen molar-refractivity contribution in [3.8, 4) is 5.75 Å². The first-order valence-corrected chi connectivity index (χ1v) is 9.37. The summed E-state index contributed by atoms with van der Waals surface area (Å²) in [6.45, 7) is 0. The third-order valence-corrected chi connectivity index (χ3v) is 5.66. The number of anilines is 1. The van der Waals surface area contributed by atoms with Crippen LogP contribution in [0.5, 0.6) is 5.75 Å². The molecule has 0 radical (unpaired) electrons. The third kappa shape index (κ3) is 3.43. The Labute approximate surface area is 145 Å². The van der Waals surface area contributed by atoms with Crippen LogP contribution in [-0.4, -0.2) is 20.5 Å². The van der Waals surface area contributed by atoms with Gasteiger partial charge in [0.25, 0.3) is 10.0 Å². The van der Waals surface area contributed by atoms with E-state index in [1.807, 2.05) is 12.1 Å². The molecule has 0 aliphatic heterocycles. The minimum Gasteiger partial charge on any atom is -0.490 e. The number of fused-ring (bicyclic) bond motifs is 1. The summed E-state index contributed by atoms with van der Waals surface area (Å²) in [5, 5.41) is 11.1. The van der Waals surface area contributed by atoms with Gasteiger partial charge in [0.1, 0.15) is 0 Å². The number of aryl methyl sites for hydroxylation is 1. The zero-order valence-corrected chi connectivity index (χ0v) is 14.5. The van der Waals surface area contributed by atoms with E-state index < -0.39 is 14.9 Å². The average molecular weight is 362 g/mol. The van der Waals surface area contributed by atoms with E-state index in [1.165, 1.54) is 19.2 Å². The molecule has 132 valence electrons. The van der Waals surface area contributed by atoms with Gasteiger partial charge in [-0.15, -0.1) is 0 Å². The maximum absolute atomic E-state index is 12.7. The lowest BCUT2D eigenvalue weighted by Crippen LogP contribution is -2.16. The number of nitrogens with one attached hydrogen (secondary N) is 1. The molecule has 0 bridgehead atoms.